The maximum Gasteiger partial charge on any atom is 0.132 e. The zero-order chi connectivity index (χ0) is 13.9. The lowest BCUT2D eigenvalue weighted by Crippen LogP contribution is -2.25. The largest absolute Gasteiger partial charge is 0.380 e. The number of rotatable bonds is 4. The van der Waals surface area contributed by atoms with Crippen molar-refractivity contribution >= 4 is 16.7 Å². The van der Waals surface area contributed by atoms with Gasteiger partial charge in [0.25, 0.3) is 0 Å². The summed E-state index contributed by atoms with van der Waals surface area (Å²) in [7, 11) is 1.78. The van der Waals surface area contributed by atoms with Crippen LogP contribution >= 0.6 is 0 Å². The van der Waals surface area contributed by atoms with Crippen LogP contribution in [0.3, 0.4) is 0 Å². The molecule has 1 aliphatic rings. The highest BCUT2D eigenvalue weighted by molar-refractivity contribution is 5.82. The Kier molecular flexibility index (Phi) is 3.85. The molecule has 1 saturated heterocycles. The summed E-state index contributed by atoms with van der Waals surface area (Å²) in [5.74, 6) is 1.08. The number of methoxy groups -OCH3 is 1. The van der Waals surface area contributed by atoms with Crippen molar-refractivity contribution in [3.8, 4) is 0 Å². The fourth-order valence-corrected chi connectivity index (χ4v) is 2.88. The summed E-state index contributed by atoms with van der Waals surface area (Å²) in [4.78, 5) is 7.18. The first-order chi connectivity index (χ1) is 9.81. The first-order valence-electron chi connectivity index (χ1n) is 7.18. The third-order valence-corrected chi connectivity index (χ3v) is 3.97. The molecule has 1 atom stereocenters. The minimum atomic E-state index is 0.314. The Morgan fingerprint density at radius 1 is 1.40 bits per heavy atom. The quantitative estimate of drug-likeness (QED) is 0.923. The Labute approximate surface area is 119 Å². The minimum absolute atomic E-state index is 0.314. The highest BCUT2D eigenvalue weighted by Crippen LogP contribution is 2.27. The van der Waals surface area contributed by atoms with Crippen molar-refractivity contribution in [3.05, 3.63) is 35.9 Å². The summed E-state index contributed by atoms with van der Waals surface area (Å²) in [6.45, 7) is 2.56. The molecule has 0 amide bonds. The van der Waals surface area contributed by atoms with E-state index in [0.29, 0.717) is 12.6 Å². The van der Waals surface area contributed by atoms with Gasteiger partial charge in [-0.2, -0.15) is 0 Å². The van der Waals surface area contributed by atoms with Crippen molar-refractivity contribution < 1.29 is 4.74 Å². The molecule has 1 fully saturated rings. The second-order valence-electron chi connectivity index (χ2n) is 5.29. The molecule has 1 aromatic heterocycles. The van der Waals surface area contributed by atoms with Crippen molar-refractivity contribution in [2.45, 2.75) is 18.9 Å². The molecule has 0 spiro atoms. The van der Waals surface area contributed by atoms with E-state index in [1.54, 1.807) is 7.11 Å². The first-order valence-corrected chi connectivity index (χ1v) is 7.18. The molecular formula is C16H21N3O. The van der Waals surface area contributed by atoms with Crippen LogP contribution in [0.15, 0.2) is 30.3 Å². The lowest BCUT2D eigenvalue weighted by atomic mass is 10.1. The van der Waals surface area contributed by atoms with Gasteiger partial charge in [0.2, 0.25) is 0 Å². The predicted octanol–water partition coefficient (Wildman–Crippen LogP) is 1.96. The molecule has 2 N–H and O–H groups in total. The van der Waals surface area contributed by atoms with Gasteiger partial charge in [0, 0.05) is 25.6 Å². The lowest BCUT2D eigenvalue weighted by Gasteiger charge is -2.21. The summed E-state index contributed by atoms with van der Waals surface area (Å²) >= 11 is 0. The fourth-order valence-electron chi connectivity index (χ4n) is 2.88. The van der Waals surface area contributed by atoms with Crippen LogP contribution in [0.1, 0.15) is 12.0 Å². The predicted molar refractivity (Wildman–Crippen MR) is 82.1 cm³/mol. The van der Waals surface area contributed by atoms with Crippen LogP contribution < -0.4 is 10.6 Å². The van der Waals surface area contributed by atoms with Gasteiger partial charge in [-0.05, 0) is 37.1 Å². The average Bonchev–Trinajstić information content (AvgIpc) is 2.95. The van der Waals surface area contributed by atoms with Crippen LogP contribution in [-0.4, -0.2) is 37.8 Å². The van der Waals surface area contributed by atoms with Gasteiger partial charge in [0.05, 0.1) is 11.6 Å². The minimum Gasteiger partial charge on any atom is -0.380 e. The summed E-state index contributed by atoms with van der Waals surface area (Å²) in [6.07, 6.45) is 2.24. The Bertz CT molecular complexity index is 599. The number of para-hydroxylation sites is 1. The zero-order valence-electron chi connectivity index (χ0n) is 11.9. The number of pyridine rings is 1. The van der Waals surface area contributed by atoms with Gasteiger partial charge in [0.1, 0.15) is 5.82 Å². The molecule has 0 bridgehead atoms. The number of ether oxygens (including phenoxy) is 1. The molecular weight excluding hydrogens is 250 g/mol. The van der Waals surface area contributed by atoms with Crippen molar-refractivity contribution in [3.63, 3.8) is 0 Å². The summed E-state index contributed by atoms with van der Waals surface area (Å²) in [6, 6.07) is 10.5. The molecule has 1 unspecified atom stereocenters. The Morgan fingerprint density at radius 3 is 3.00 bits per heavy atom. The zero-order valence-corrected chi connectivity index (χ0v) is 11.9. The average molecular weight is 271 g/mol. The van der Waals surface area contributed by atoms with Gasteiger partial charge in [-0.1, -0.05) is 18.2 Å². The van der Waals surface area contributed by atoms with Crippen molar-refractivity contribution in [2.24, 2.45) is 5.73 Å². The highest BCUT2D eigenvalue weighted by atomic mass is 16.5. The van der Waals surface area contributed by atoms with Crippen LogP contribution in [0.5, 0.6) is 0 Å². The van der Waals surface area contributed by atoms with E-state index in [4.69, 9.17) is 15.5 Å². The molecule has 1 aliphatic heterocycles. The van der Waals surface area contributed by atoms with E-state index >= 15 is 0 Å². The van der Waals surface area contributed by atoms with E-state index in [0.717, 1.165) is 37.3 Å². The lowest BCUT2D eigenvalue weighted by molar-refractivity contribution is 0.121. The number of anilines is 1. The number of aromatic nitrogens is 1. The molecule has 3 rings (SSSR count). The molecule has 0 radical (unpaired) electrons. The van der Waals surface area contributed by atoms with Crippen LogP contribution in [-0.2, 0) is 11.2 Å². The van der Waals surface area contributed by atoms with Crippen molar-refractivity contribution in [2.75, 3.05) is 31.6 Å². The van der Waals surface area contributed by atoms with Gasteiger partial charge in [-0.25, -0.2) is 4.98 Å². The third-order valence-electron chi connectivity index (χ3n) is 3.97. The number of nitrogens with zero attached hydrogens (tertiary/aromatic N) is 2. The Hall–Kier alpha value is -1.65. The van der Waals surface area contributed by atoms with E-state index in [9.17, 15) is 0 Å². The van der Waals surface area contributed by atoms with Crippen LogP contribution in [0.25, 0.3) is 10.9 Å². The molecule has 1 aromatic carbocycles. The van der Waals surface area contributed by atoms with E-state index in [2.05, 4.69) is 23.1 Å². The van der Waals surface area contributed by atoms with E-state index < -0.39 is 0 Å². The van der Waals surface area contributed by atoms with Gasteiger partial charge >= 0.3 is 0 Å². The second kappa shape index (κ2) is 5.77. The summed E-state index contributed by atoms with van der Waals surface area (Å²) < 4.78 is 5.46. The molecule has 20 heavy (non-hydrogen) atoms. The topological polar surface area (TPSA) is 51.4 Å². The monoisotopic (exact) mass is 271 g/mol. The molecule has 0 saturated carbocycles. The normalized spacial score (nSPS) is 18.9. The van der Waals surface area contributed by atoms with Gasteiger partial charge in [0.15, 0.2) is 0 Å². The van der Waals surface area contributed by atoms with E-state index in [-0.39, 0.29) is 0 Å². The standard InChI is InChI=1S/C16H21N3O/c1-20-14-7-9-19(11-14)16-13(6-8-17)10-12-4-2-3-5-15(12)18-16/h2-5,10,14H,6-9,11,17H2,1H3. The smallest absolute Gasteiger partial charge is 0.132 e. The van der Waals surface area contributed by atoms with Gasteiger partial charge in [-0.15, -0.1) is 0 Å². The SMILES string of the molecule is COC1CCN(c2nc3ccccc3cc2CCN)C1. The molecule has 106 valence electrons. The van der Waals surface area contributed by atoms with Crippen LogP contribution in [0, 0.1) is 0 Å². The van der Waals surface area contributed by atoms with Crippen molar-refractivity contribution in [1.82, 2.24) is 4.98 Å². The number of fused-ring (bicyclic) bond motifs is 1. The number of hydrogen-bond donors (Lipinski definition) is 1. The van der Waals surface area contributed by atoms with E-state index in [1.807, 2.05) is 12.1 Å². The van der Waals surface area contributed by atoms with Gasteiger partial charge in [-0.3, -0.25) is 0 Å². The maximum absolute atomic E-state index is 5.75. The molecule has 2 heterocycles. The molecule has 4 heteroatoms. The molecule has 0 aliphatic carbocycles. The Balaban J connectivity index is 2.01. The van der Waals surface area contributed by atoms with Crippen molar-refractivity contribution in [1.29, 1.82) is 0 Å². The first kappa shape index (κ1) is 13.3. The third kappa shape index (κ3) is 2.49. The summed E-state index contributed by atoms with van der Waals surface area (Å²) in [5, 5.41) is 1.18. The number of benzene rings is 1. The highest BCUT2D eigenvalue weighted by Gasteiger charge is 2.25. The summed E-state index contributed by atoms with van der Waals surface area (Å²) in [5.41, 5.74) is 8.04. The number of nitrogens with two attached hydrogens (primary N) is 1. The molecule has 2 aromatic rings. The van der Waals surface area contributed by atoms with Gasteiger partial charge < -0.3 is 15.4 Å². The maximum atomic E-state index is 5.75. The van der Waals surface area contributed by atoms with E-state index in [1.165, 1.54) is 10.9 Å². The number of hydrogen-bond acceptors (Lipinski definition) is 4. The molecule has 4 nitrogen and oxygen atoms in total. The Morgan fingerprint density at radius 2 is 2.25 bits per heavy atom. The fraction of sp³-hybridized carbons (Fsp3) is 0.438. The second-order valence-corrected chi connectivity index (χ2v) is 5.29. The van der Waals surface area contributed by atoms with Crippen LogP contribution in [0.2, 0.25) is 0 Å². The van der Waals surface area contributed by atoms with Crippen LogP contribution in [0.4, 0.5) is 5.82 Å².